The summed E-state index contributed by atoms with van der Waals surface area (Å²) < 4.78 is 34.0. The molecule has 140 valence electrons. The molecule has 0 aromatic heterocycles. The largest absolute Gasteiger partial charge is 0.496 e. The second kappa shape index (κ2) is 7.41. The van der Waals surface area contributed by atoms with Crippen molar-refractivity contribution in [3.05, 3.63) is 58.1 Å². The molecule has 0 fully saturated rings. The minimum absolute atomic E-state index is 0.283. The molecular weight excluding hydrogens is 346 g/mol. The van der Waals surface area contributed by atoms with Crippen LogP contribution in [0.5, 0.6) is 5.75 Å². The SMILES string of the molecule is COc1ccc(S(=O)(=O)N[C@@H](C)c2ccc3c(c2)CCCC3)c(C)c1C. The van der Waals surface area contributed by atoms with Crippen LogP contribution in [-0.2, 0) is 22.9 Å². The van der Waals surface area contributed by atoms with Crippen LogP contribution in [0.4, 0.5) is 0 Å². The highest BCUT2D eigenvalue weighted by atomic mass is 32.2. The third kappa shape index (κ3) is 3.64. The predicted molar refractivity (Wildman–Crippen MR) is 104 cm³/mol. The van der Waals surface area contributed by atoms with E-state index in [9.17, 15) is 8.42 Å². The first-order chi connectivity index (χ1) is 12.3. The van der Waals surface area contributed by atoms with Gasteiger partial charge in [-0.05, 0) is 86.4 Å². The highest BCUT2D eigenvalue weighted by Crippen LogP contribution is 2.29. The Bertz CT molecular complexity index is 919. The maximum Gasteiger partial charge on any atom is 0.241 e. The molecule has 26 heavy (non-hydrogen) atoms. The van der Waals surface area contributed by atoms with Crippen molar-refractivity contribution < 1.29 is 13.2 Å². The van der Waals surface area contributed by atoms with E-state index >= 15 is 0 Å². The van der Waals surface area contributed by atoms with E-state index in [1.54, 1.807) is 19.2 Å². The number of ether oxygens (including phenoxy) is 1. The summed E-state index contributed by atoms with van der Waals surface area (Å²) in [4.78, 5) is 0.306. The van der Waals surface area contributed by atoms with Gasteiger partial charge in [0.05, 0.1) is 12.0 Å². The zero-order valence-electron chi connectivity index (χ0n) is 15.9. The number of benzene rings is 2. The first-order valence-electron chi connectivity index (χ1n) is 9.11. The van der Waals surface area contributed by atoms with Crippen LogP contribution >= 0.6 is 0 Å². The van der Waals surface area contributed by atoms with Gasteiger partial charge < -0.3 is 4.74 Å². The number of methoxy groups -OCH3 is 1. The quantitative estimate of drug-likeness (QED) is 0.853. The molecule has 1 aliphatic rings. The molecule has 0 amide bonds. The molecule has 1 N–H and O–H groups in total. The van der Waals surface area contributed by atoms with Crippen LogP contribution in [0.15, 0.2) is 35.2 Å². The van der Waals surface area contributed by atoms with Crippen LogP contribution in [0, 0.1) is 13.8 Å². The van der Waals surface area contributed by atoms with Crippen LogP contribution in [0.1, 0.15) is 53.6 Å². The van der Waals surface area contributed by atoms with E-state index in [-0.39, 0.29) is 6.04 Å². The summed E-state index contributed by atoms with van der Waals surface area (Å²) in [6.45, 7) is 5.59. The first kappa shape index (κ1) is 18.9. The third-order valence-electron chi connectivity index (χ3n) is 5.40. The Hall–Kier alpha value is -1.85. The van der Waals surface area contributed by atoms with Crippen molar-refractivity contribution in [2.24, 2.45) is 0 Å². The number of hydrogen-bond acceptors (Lipinski definition) is 3. The van der Waals surface area contributed by atoms with Crippen LogP contribution in [0.2, 0.25) is 0 Å². The molecule has 2 aromatic rings. The van der Waals surface area contributed by atoms with Crippen LogP contribution in [-0.4, -0.2) is 15.5 Å². The lowest BCUT2D eigenvalue weighted by atomic mass is 9.89. The van der Waals surface area contributed by atoms with Gasteiger partial charge in [0.25, 0.3) is 0 Å². The lowest BCUT2D eigenvalue weighted by molar-refractivity contribution is 0.410. The third-order valence-corrected chi connectivity index (χ3v) is 7.09. The summed E-state index contributed by atoms with van der Waals surface area (Å²) in [7, 11) is -2.02. The first-order valence-corrected chi connectivity index (χ1v) is 10.6. The summed E-state index contributed by atoms with van der Waals surface area (Å²) >= 11 is 0. The summed E-state index contributed by atoms with van der Waals surface area (Å²) in [5.74, 6) is 0.698. The number of rotatable bonds is 5. The normalized spacial score (nSPS) is 15.4. The Labute approximate surface area is 156 Å². The average molecular weight is 374 g/mol. The van der Waals surface area contributed by atoms with Gasteiger partial charge in [-0.15, -0.1) is 0 Å². The average Bonchev–Trinajstić information content (AvgIpc) is 2.62. The van der Waals surface area contributed by atoms with E-state index in [2.05, 4.69) is 16.9 Å². The van der Waals surface area contributed by atoms with Crippen molar-refractivity contribution in [3.8, 4) is 5.75 Å². The van der Waals surface area contributed by atoms with Crippen LogP contribution in [0.25, 0.3) is 0 Å². The van der Waals surface area contributed by atoms with E-state index in [1.165, 1.54) is 24.0 Å². The van der Waals surface area contributed by atoms with Gasteiger partial charge in [0, 0.05) is 6.04 Å². The molecule has 1 atom stereocenters. The Morgan fingerprint density at radius 1 is 1.00 bits per heavy atom. The number of aryl methyl sites for hydroxylation is 2. The maximum absolute atomic E-state index is 12.9. The van der Waals surface area contributed by atoms with Crippen molar-refractivity contribution in [2.75, 3.05) is 7.11 Å². The van der Waals surface area contributed by atoms with Gasteiger partial charge in [0.2, 0.25) is 10.0 Å². The lowest BCUT2D eigenvalue weighted by Gasteiger charge is -2.21. The molecule has 3 rings (SSSR count). The Morgan fingerprint density at radius 3 is 2.38 bits per heavy atom. The molecule has 1 aliphatic carbocycles. The fourth-order valence-electron chi connectivity index (χ4n) is 3.67. The smallest absolute Gasteiger partial charge is 0.241 e. The Balaban J connectivity index is 1.87. The number of fused-ring (bicyclic) bond motifs is 1. The highest BCUT2D eigenvalue weighted by Gasteiger charge is 2.23. The summed E-state index contributed by atoms with van der Waals surface area (Å²) in [5, 5.41) is 0. The van der Waals surface area contributed by atoms with E-state index in [0.29, 0.717) is 10.6 Å². The fraction of sp³-hybridized carbons (Fsp3) is 0.429. The van der Waals surface area contributed by atoms with Crippen molar-refractivity contribution in [2.45, 2.75) is 57.4 Å². The molecule has 0 bridgehead atoms. The molecule has 0 heterocycles. The van der Waals surface area contributed by atoms with Crippen molar-refractivity contribution in [1.82, 2.24) is 4.72 Å². The summed E-state index contributed by atoms with van der Waals surface area (Å²) in [6.07, 6.45) is 4.66. The van der Waals surface area contributed by atoms with Gasteiger partial charge in [0.15, 0.2) is 0 Å². The van der Waals surface area contributed by atoms with E-state index in [4.69, 9.17) is 4.74 Å². The van der Waals surface area contributed by atoms with Gasteiger partial charge in [-0.2, -0.15) is 0 Å². The molecule has 0 radical (unpaired) electrons. The minimum Gasteiger partial charge on any atom is -0.496 e. The van der Waals surface area contributed by atoms with Gasteiger partial charge in [-0.25, -0.2) is 13.1 Å². The van der Waals surface area contributed by atoms with Gasteiger partial charge in [-0.3, -0.25) is 0 Å². The zero-order valence-corrected chi connectivity index (χ0v) is 16.7. The van der Waals surface area contributed by atoms with E-state index in [1.807, 2.05) is 26.8 Å². The van der Waals surface area contributed by atoms with Gasteiger partial charge in [-0.1, -0.05) is 18.2 Å². The molecule has 0 unspecified atom stereocenters. The van der Waals surface area contributed by atoms with Gasteiger partial charge in [0.1, 0.15) is 5.75 Å². The lowest BCUT2D eigenvalue weighted by Crippen LogP contribution is -2.28. The molecule has 4 nitrogen and oxygen atoms in total. The van der Waals surface area contributed by atoms with Crippen LogP contribution in [0.3, 0.4) is 0 Å². The monoisotopic (exact) mass is 373 g/mol. The second-order valence-electron chi connectivity index (χ2n) is 7.09. The fourth-order valence-corrected chi connectivity index (χ4v) is 5.20. The van der Waals surface area contributed by atoms with Crippen molar-refractivity contribution in [1.29, 1.82) is 0 Å². The summed E-state index contributed by atoms with van der Waals surface area (Å²) in [5.41, 5.74) is 5.33. The second-order valence-corrected chi connectivity index (χ2v) is 8.78. The minimum atomic E-state index is -3.61. The molecule has 2 aromatic carbocycles. The standard InChI is InChI=1S/C21H27NO3S/c1-14-15(2)21(12-11-20(14)25-4)26(23,24)22-16(3)18-10-9-17-7-5-6-8-19(17)13-18/h9-13,16,22H,5-8H2,1-4H3/t16-/m0/s1. The van der Waals surface area contributed by atoms with Crippen LogP contribution < -0.4 is 9.46 Å². The molecule has 0 spiro atoms. The molecule has 5 heteroatoms. The Kier molecular flexibility index (Phi) is 5.39. The zero-order chi connectivity index (χ0) is 18.9. The number of sulfonamides is 1. The van der Waals surface area contributed by atoms with Gasteiger partial charge >= 0.3 is 0 Å². The Morgan fingerprint density at radius 2 is 1.69 bits per heavy atom. The molecular formula is C21H27NO3S. The predicted octanol–water partition coefficient (Wildman–Crippen LogP) is 4.23. The molecule has 0 saturated carbocycles. The molecule has 0 aliphatic heterocycles. The number of hydrogen-bond donors (Lipinski definition) is 1. The number of nitrogens with one attached hydrogen (secondary N) is 1. The van der Waals surface area contributed by atoms with Crippen molar-refractivity contribution >= 4 is 10.0 Å². The highest BCUT2D eigenvalue weighted by molar-refractivity contribution is 7.89. The van der Waals surface area contributed by atoms with E-state index in [0.717, 1.165) is 29.5 Å². The summed E-state index contributed by atoms with van der Waals surface area (Å²) in [6, 6.07) is 9.40. The maximum atomic E-state index is 12.9. The van der Waals surface area contributed by atoms with Crippen molar-refractivity contribution in [3.63, 3.8) is 0 Å². The molecule has 0 saturated heterocycles. The topological polar surface area (TPSA) is 55.4 Å². The van der Waals surface area contributed by atoms with E-state index < -0.39 is 10.0 Å².